The summed E-state index contributed by atoms with van der Waals surface area (Å²) in [6, 6.07) is 8.14. The summed E-state index contributed by atoms with van der Waals surface area (Å²) in [7, 11) is 0. The zero-order valence-electron chi connectivity index (χ0n) is 14.1. The van der Waals surface area contributed by atoms with Gasteiger partial charge in [0.25, 0.3) is 0 Å². The number of fused-ring (bicyclic) bond motifs is 1. The predicted octanol–water partition coefficient (Wildman–Crippen LogP) is 2.17. The average Bonchev–Trinajstić information content (AvgIpc) is 3.43. The van der Waals surface area contributed by atoms with Gasteiger partial charge in [-0.05, 0) is 63.0 Å². The van der Waals surface area contributed by atoms with Crippen LogP contribution in [-0.2, 0) is 6.54 Å². The Balaban J connectivity index is 1.30. The molecule has 1 aliphatic heterocycles. The molecule has 0 amide bonds. The molecule has 0 aromatic carbocycles. The Kier molecular flexibility index (Phi) is 3.66. The third kappa shape index (κ3) is 3.00. The van der Waals surface area contributed by atoms with Crippen molar-refractivity contribution in [2.24, 2.45) is 0 Å². The molecule has 3 aromatic heterocycles. The maximum absolute atomic E-state index is 4.82. The first-order chi connectivity index (χ1) is 12.4. The summed E-state index contributed by atoms with van der Waals surface area (Å²) in [6.07, 6.45) is 6.40. The normalized spacial score (nSPS) is 19.5. The minimum Gasteiger partial charge on any atom is -0.297 e. The SMILES string of the molecule is c1cnnc(CN2CCC(c3nnc4ccc(C5CC5)nn34)CC2)c1. The van der Waals surface area contributed by atoms with E-state index in [0.717, 1.165) is 49.6 Å². The van der Waals surface area contributed by atoms with E-state index in [0.29, 0.717) is 11.8 Å². The smallest absolute Gasteiger partial charge is 0.177 e. The lowest BCUT2D eigenvalue weighted by Crippen LogP contribution is -2.33. The number of aromatic nitrogens is 6. The Labute approximate surface area is 146 Å². The first-order valence-electron chi connectivity index (χ1n) is 9.08. The molecule has 5 rings (SSSR count). The van der Waals surface area contributed by atoms with Crippen molar-refractivity contribution in [3.05, 3.63) is 47.7 Å². The molecule has 1 aliphatic carbocycles. The second-order valence-corrected chi connectivity index (χ2v) is 7.13. The monoisotopic (exact) mass is 335 g/mol. The van der Waals surface area contributed by atoms with E-state index >= 15 is 0 Å². The van der Waals surface area contributed by atoms with Gasteiger partial charge in [-0.15, -0.1) is 10.2 Å². The quantitative estimate of drug-likeness (QED) is 0.728. The van der Waals surface area contributed by atoms with Gasteiger partial charge < -0.3 is 0 Å². The first-order valence-corrected chi connectivity index (χ1v) is 9.08. The van der Waals surface area contributed by atoms with E-state index in [1.165, 1.54) is 18.5 Å². The van der Waals surface area contributed by atoms with Gasteiger partial charge in [0, 0.05) is 24.6 Å². The Morgan fingerprint density at radius 3 is 2.56 bits per heavy atom. The molecule has 0 atom stereocenters. The van der Waals surface area contributed by atoms with Crippen LogP contribution in [0.5, 0.6) is 0 Å². The third-order valence-electron chi connectivity index (χ3n) is 5.27. The lowest BCUT2D eigenvalue weighted by Gasteiger charge is -2.30. The van der Waals surface area contributed by atoms with Gasteiger partial charge in [-0.1, -0.05) is 0 Å². The minimum atomic E-state index is 0.426. The lowest BCUT2D eigenvalue weighted by molar-refractivity contribution is 0.198. The Bertz CT molecular complexity index is 864. The minimum absolute atomic E-state index is 0.426. The second kappa shape index (κ2) is 6.15. The fraction of sp³-hybridized carbons (Fsp3) is 0.500. The van der Waals surface area contributed by atoms with Crippen molar-refractivity contribution in [1.29, 1.82) is 0 Å². The topological polar surface area (TPSA) is 72.1 Å². The zero-order chi connectivity index (χ0) is 16.6. The maximum Gasteiger partial charge on any atom is 0.177 e. The zero-order valence-corrected chi connectivity index (χ0v) is 14.1. The molecule has 7 heteroatoms. The molecular weight excluding hydrogens is 314 g/mol. The van der Waals surface area contributed by atoms with Gasteiger partial charge >= 0.3 is 0 Å². The first kappa shape index (κ1) is 14.9. The molecule has 0 bridgehead atoms. The van der Waals surface area contributed by atoms with E-state index in [-0.39, 0.29) is 0 Å². The van der Waals surface area contributed by atoms with Crippen LogP contribution in [0.2, 0.25) is 0 Å². The van der Waals surface area contributed by atoms with Crippen LogP contribution >= 0.6 is 0 Å². The van der Waals surface area contributed by atoms with Crippen LogP contribution < -0.4 is 0 Å². The second-order valence-electron chi connectivity index (χ2n) is 7.13. The number of nitrogens with zero attached hydrogens (tertiary/aromatic N) is 7. The van der Waals surface area contributed by atoms with Crippen LogP contribution in [0.1, 0.15) is 54.7 Å². The summed E-state index contributed by atoms with van der Waals surface area (Å²) in [6.45, 7) is 2.95. The summed E-state index contributed by atoms with van der Waals surface area (Å²) < 4.78 is 1.98. The fourth-order valence-electron chi connectivity index (χ4n) is 3.67. The van der Waals surface area contributed by atoms with Crippen LogP contribution in [0, 0.1) is 0 Å². The van der Waals surface area contributed by atoms with Gasteiger partial charge in [0.05, 0.1) is 11.4 Å². The molecule has 0 radical (unpaired) electrons. The Morgan fingerprint density at radius 2 is 1.80 bits per heavy atom. The number of hydrogen-bond donors (Lipinski definition) is 0. The Hall–Kier alpha value is -2.41. The van der Waals surface area contributed by atoms with Crippen molar-refractivity contribution in [2.75, 3.05) is 13.1 Å². The van der Waals surface area contributed by atoms with E-state index in [2.05, 4.69) is 37.4 Å². The number of likely N-dealkylation sites (tertiary alicyclic amines) is 1. The fourth-order valence-corrected chi connectivity index (χ4v) is 3.67. The summed E-state index contributed by atoms with van der Waals surface area (Å²) >= 11 is 0. The van der Waals surface area contributed by atoms with Crippen LogP contribution in [-0.4, -0.2) is 48.0 Å². The highest BCUT2D eigenvalue weighted by molar-refractivity contribution is 5.38. The van der Waals surface area contributed by atoms with Gasteiger partial charge in [-0.3, -0.25) is 4.90 Å². The molecule has 2 aliphatic rings. The van der Waals surface area contributed by atoms with Crippen LogP contribution in [0.4, 0.5) is 0 Å². The molecule has 128 valence electrons. The standard InChI is InChI=1S/C18H21N7/c1-2-15(20-19-9-1)12-24-10-7-14(8-11-24)18-22-21-17-6-5-16(13-3-4-13)23-25(17)18/h1-2,5-6,9,13-14H,3-4,7-8,10-12H2. The van der Waals surface area contributed by atoms with Crippen molar-refractivity contribution in [1.82, 2.24) is 34.9 Å². The molecule has 25 heavy (non-hydrogen) atoms. The molecule has 2 fully saturated rings. The summed E-state index contributed by atoms with van der Waals surface area (Å²) in [5.41, 5.74) is 3.08. The van der Waals surface area contributed by atoms with Gasteiger partial charge in [0.2, 0.25) is 0 Å². The van der Waals surface area contributed by atoms with Crippen molar-refractivity contribution in [2.45, 2.75) is 44.1 Å². The molecule has 3 aromatic rings. The molecule has 4 heterocycles. The largest absolute Gasteiger partial charge is 0.297 e. The van der Waals surface area contributed by atoms with E-state index in [9.17, 15) is 0 Å². The van der Waals surface area contributed by atoms with Crippen LogP contribution in [0.3, 0.4) is 0 Å². The highest BCUT2D eigenvalue weighted by Gasteiger charge is 2.28. The summed E-state index contributed by atoms with van der Waals surface area (Å²) in [5, 5.41) is 21.7. The van der Waals surface area contributed by atoms with Crippen molar-refractivity contribution in [3.63, 3.8) is 0 Å². The van der Waals surface area contributed by atoms with Crippen molar-refractivity contribution < 1.29 is 0 Å². The molecule has 1 saturated carbocycles. The Morgan fingerprint density at radius 1 is 0.920 bits per heavy atom. The van der Waals surface area contributed by atoms with E-state index in [4.69, 9.17) is 5.10 Å². The summed E-state index contributed by atoms with van der Waals surface area (Å²) in [4.78, 5) is 2.44. The highest BCUT2D eigenvalue weighted by Crippen LogP contribution is 2.39. The van der Waals surface area contributed by atoms with E-state index < -0.39 is 0 Å². The van der Waals surface area contributed by atoms with Gasteiger partial charge in [0.15, 0.2) is 11.5 Å². The predicted molar refractivity (Wildman–Crippen MR) is 92.0 cm³/mol. The molecular formula is C18H21N7. The number of piperidine rings is 1. The molecule has 7 nitrogen and oxygen atoms in total. The van der Waals surface area contributed by atoms with Gasteiger partial charge in [-0.25, -0.2) is 0 Å². The number of hydrogen-bond acceptors (Lipinski definition) is 6. The third-order valence-corrected chi connectivity index (χ3v) is 5.27. The maximum atomic E-state index is 4.82. The molecule has 0 N–H and O–H groups in total. The molecule has 0 spiro atoms. The van der Waals surface area contributed by atoms with E-state index in [1.807, 2.05) is 16.6 Å². The van der Waals surface area contributed by atoms with E-state index in [1.54, 1.807) is 6.20 Å². The summed E-state index contributed by atoms with van der Waals surface area (Å²) in [5.74, 6) is 2.10. The molecule has 1 saturated heterocycles. The highest BCUT2D eigenvalue weighted by atomic mass is 15.4. The van der Waals surface area contributed by atoms with Gasteiger partial charge in [0.1, 0.15) is 0 Å². The van der Waals surface area contributed by atoms with Gasteiger partial charge in [-0.2, -0.15) is 19.8 Å². The van der Waals surface area contributed by atoms with Crippen molar-refractivity contribution in [3.8, 4) is 0 Å². The average molecular weight is 335 g/mol. The lowest BCUT2D eigenvalue weighted by atomic mass is 9.96. The van der Waals surface area contributed by atoms with Crippen LogP contribution in [0.25, 0.3) is 5.65 Å². The number of rotatable bonds is 4. The van der Waals surface area contributed by atoms with Crippen LogP contribution in [0.15, 0.2) is 30.5 Å². The van der Waals surface area contributed by atoms with Crippen molar-refractivity contribution >= 4 is 5.65 Å². The molecule has 0 unspecified atom stereocenters.